The molecular formula is C61H99N7O31. The number of nitrogens with one attached hydrogen (secondary N) is 3. The molecule has 1 saturated heterocycles. The number of esters is 2. The Bertz CT molecular complexity index is 2600. The molecule has 2 aliphatic rings. The predicted octanol–water partition coefficient (Wildman–Crippen LogP) is -0.0112. The maximum atomic E-state index is 12.3. The quantitative estimate of drug-likeness (QED) is 0.0217. The Morgan fingerprint density at radius 1 is 0.465 bits per heavy atom. The van der Waals surface area contributed by atoms with E-state index in [4.69, 9.17) is 73.3 Å². The molecule has 1 heterocycles. The highest BCUT2D eigenvalue weighted by atomic mass is 16.6. The molecule has 38 nitrogen and oxygen atoms in total. The van der Waals surface area contributed by atoms with Crippen LogP contribution in [0.15, 0.2) is 0 Å². The van der Waals surface area contributed by atoms with E-state index in [1.165, 1.54) is 0 Å². The molecule has 0 aromatic rings. The molecule has 38 heteroatoms. The lowest BCUT2D eigenvalue weighted by atomic mass is 9.89. The number of unbranched alkanes of at least 4 members (excludes halogenated alkanes) is 2. The fraction of sp³-hybridized carbons (Fsp3) is 0.689. The van der Waals surface area contributed by atoms with E-state index in [2.05, 4.69) is 16.0 Å². The number of ketones is 4. The van der Waals surface area contributed by atoms with Gasteiger partial charge in [-0.1, -0.05) is 40.5 Å². The minimum Gasteiger partial charge on any atom is -0.481 e. The van der Waals surface area contributed by atoms with Crippen LogP contribution in [0.4, 0.5) is 0 Å². The van der Waals surface area contributed by atoms with E-state index >= 15 is 0 Å². The second-order valence-electron chi connectivity index (χ2n) is 23.6. The first kappa shape index (κ1) is 96.0. The van der Waals surface area contributed by atoms with Gasteiger partial charge in [0.25, 0.3) is 0 Å². The molecule has 99 heavy (non-hydrogen) atoms. The van der Waals surface area contributed by atoms with Gasteiger partial charge >= 0.3 is 71.6 Å². The molecule has 2 rings (SSSR count). The fourth-order valence-corrected chi connectivity index (χ4v) is 8.83. The highest BCUT2D eigenvalue weighted by molar-refractivity contribution is 6.33. The number of carboxylic acid groups (broad SMARTS) is 10. The maximum Gasteiger partial charge on any atom is 0.372 e. The van der Waals surface area contributed by atoms with E-state index in [0.29, 0.717) is 37.5 Å². The molecule has 0 unspecified atom stereocenters. The molecule has 0 radical (unpaired) electrons. The summed E-state index contributed by atoms with van der Waals surface area (Å²) in [4.78, 5) is 209. The number of carboxylic acids is 10. The van der Waals surface area contributed by atoms with Gasteiger partial charge < -0.3 is 99.4 Å². The van der Waals surface area contributed by atoms with Crippen LogP contribution in [0.1, 0.15) is 195 Å². The highest BCUT2D eigenvalue weighted by Crippen LogP contribution is 2.30. The molecule has 0 aromatic heterocycles. The summed E-state index contributed by atoms with van der Waals surface area (Å²) in [6.45, 7) is 8.03. The number of aliphatic carboxylic acids is 10. The van der Waals surface area contributed by atoms with E-state index < -0.39 is 162 Å². The zero-order chi connectivity index (χ0) is 77.5. The van der Waals surface area contributed by atoms with Crippen LogP contribution in [-0.4, -0.2) is 219 Å². The van der Waals surface area contributed by atoms with Crippen LogP contribution in [0.3, 0.4) is 0 Å². The monoisotopic (exact) mass is 1430 g/mol. The molecule has 21 N–H and O–H groups in total. The van der Waals surface area contributed by atoms with Gasteiger partial charge in [-0.25, -0.2) is 33.6 Å². The second kappa shape index (κ2) is 51.7. The van der Waals surface area contributed by atoms with Crippen LogP contribution in [0, 0.1) is 17.8 Å². The van der Waals surface area contributed by atoms with E-state index in [1.807, 2.05) is 27.7 Å². The van der Waals surface area contributed by atoms with E-state index in [-0.39, 0.29) is 114 Å². The average Bonchev–Trinajstić information content (AvgIpc) is 1.45. The van der Waals surface area contributed by atoms with E-state index in [1.54, 1.807) is 14.1 Å². The maximum absolute atomic E-state index is 12.3. The van der Waals surface area contributed by atoms with Crippen LogP contribution in [-0.2, 0) is 101 Å². The van der Waals surface area contributed by atoms with Crippen LogP contribution >= 0.6 is 0 Å². The number of rotatable bonds is 44. The number of nitrogens with two attached hydrogens (primary N) is 4. The Hall–Kier alpha value is -9.43. The number of primary amides is 2. The third kappa shape index (κ3) is 45.7. The van der Waals surface area contributed by atoms with Crippen molar-refractivity contribution in [2.45, 2.75) is 236 Å². The Morgan fingerprint density at radius 3 is 0.960 bits per heavy atom. The van der Waals surface area contributed by atoms with Crippen molar-refractivity contribution in [2.24, 2.45) is 40.7 Å². The summed E-state index contributed by atoms with van der Waals surface area (Å²) in [5.41, 5.74) is 16.8. The minimum absolute atomic E-state index is 0.0144. The number of hydrogen-bond acceptors (Lipinski definition) is 25. The zero-order valence-corrected chi connectivity index (χ0v) is 56.4. The lowest BCUT2D eigenvalue weighted by molar-refractivity contribution is -0.182. The molecule has 7 atom stereocenters. The molecule has 1 aliphatic carbocycles. The molecule has 564 valence electrons. The smallest absolute Gasteiger partial charge is 0.372 e. The van der Waals surface area contributed by atoms with Gasteiger partial charge in [0, 0.05) is 44.9 Å². The van der Waals surface area contributed by atoms with Gasteiger partial charge in [-0.05, 0) is 135 Å². The predicted molar refractivity (Wildman–Crippen MR) is 339 cm³/mol. The van der Waals surface area contributed by atoms with Gasteiger partial charge in [0.15, 0.2) is 0 Å². The Morgan fingerprint density at radius 2 is 0.768 bits per heavy atom. The molecule has 1 aliphatic heterocycles. The van der Waals surface area contributed by atoms with Crippen molar-refractivity contribution in [3.8, 4) is 0 Å². The number of ether oxygens (including phenoxy) is 2. The number of hydrogen-bond donors (Lipinski definition) is 17. The normalized spacial score (nSPS) is 15.3. The SMILES string of the molecule is CN[C@@H](CC(C)C)C(=O)O.CN[C@@H](CC(C)C)C(=O)O.NC(=O)CC[C@H](N)C(=O)O[C@@](CCCCC(=O)C(=O)O)(CCCC(=O)C(=O)O)C(=O)O.NC(=O)CC[C@H](N)C(=O)O[C@@](CCCCC(=O)C(=O)O)(CCCC(=O)C(=O)O)C(=O)O.O=C(O)C1CCCC1.O=C1CC[C@@H](C(=O)O)N1. The van der Waals surface area contributed by atoms with Crippen molar-refractivity contribution in [3.63, 3.8) is 0 Å². The number of likely N-dealkylation sites (N-methyl/N-ethyl adjacent to an activating group) is 2. The molecular weight excluding hydrogens is 1330 g/mol. The Labute approximate surface area is 569 Å². The van der Waals surface area contributed by atoms with Gasteiger partial charge in [-0.2, -0.15) is 0 Å². The van der Waals surface area contributed by atoms with Gasteiger partial charge in [-0.15, -0.1) is 0 Å². The number of amides is 3. The zero-order valence-electron chi connectivity index (χ0n) is 56.4. The topological polar surface area (TPSA) is 685 Å². The first-order chi connectivity index (χ1) is 45.8. The van der Waals surface area contributed by atoms with Crippen molar-refractivity contribution < 1.29 is 152 Å². The minimum atomic E-state index is -2.19. The summed E-state index contributed by atoms with van der Waals surface area (Å²) in [6, 6.07) is -4.14. The average molecular weight is 1430 g/mol. The summed E-state index contributed by atoms with van der Waals surface area (Å²) in [6.07, 6.45) is 1.41. The third-order valence-electron chi connectivity index (χ3n) is 14.5. The van der Waals surface area contributed by atoms with E-state index in [0.717, 1.165) is 25.7 Å². The van der Waals surface area contributed by atoms with Gasteiger partial charge in [0.2, 0.25) is 52.1 Å². The molecule has 1 saturated carbocycles. The number of carbonyl (C=O) groups excluding carboxylic acids is 9. The van der Waals surface area contributed by atoms with Crippen molar-refractivity contribution in [1.82, 2.24) is 16.0 Å². The summed E-state index contributed by atoms with van der Waals surface area (Å²) in [7, 11) is 3.34. The van der Waals surface area contributed by atoms with Crippen molar-refractivity contribution in [3.05, 3.63) is 0 Å². The standard InChI is InChI=1S/2C18H26N2O11.2C7H15NO2.C6H10O2.C5H7NO3/c2*19-10(6-7-13(20)23)16(28)31-18(17(29)30,9-3-5-12(22)15(26)27)8-2-1-4-11(21)14(24)25;2*1-5(2)4-6(8-3)7(9)10;7-6(8)5-3-1-2-4-5;7-4-2-1-3(6-4)5(8)9/h2*10H,1-9,19H2,(H2,20,23)(H,24,25)(H,26,27)(H,29,30);2*5-6,8H,4H2,1-3H3,(H,9,10);5H,1-4H2,(H,7,8);3H,1-2H2,(H,6,7)(H,8,9)/t2*10-,18-;2*6-;;3-/m0000.0/s1. The molecule has 2 fully saturated rings. The first-order valence-electron chi connectivity index (χ1n) is 31.4. The Balaban J connectivity index is -0.000000604. The van der Waals surface area contributed by atoms with Gasteiger partial charge in [0.1, 0.15) is 30.2 Å². The summed E-state index contributed by atoms with van der Waals surface area (Å²) in [5, 5.41) is 95.4. The molecule has 0 aromatic carbocycles. The van der Waals surface area contributed by atoms with Crippen molar-refractivity contribution in [1.29, 1.82) is 0 Å². The lowest BCUT2D eigenvalue weighted by Crippen LogP contribution is -2.47. The van der Waals surface area contributed by atoms with Crippen LogP contribution in [0.25, 0.3) is 0 Å². The van der Waals surface area contributed by atoms with Crippen LogP contribution in [0.5, 0.6) is 0 Å². The molecule has 0 spiro atoms. The number of Topliss-reactive ketones (excluding diaryl/α,β-unsaturated/α-hetero) is 4. The van der Waals surface area contributed by atoms with Crippen LogP contribution in [0.2, 0.25) is 0 Å². The summed E-state index contributed by atoms with van der Waals surface area (Å²) in [5.74, 6) is -20.5. The fourth-order valence-electron chi connectivity index (χ4n) is 8.83. The van der Waals surface area contributed by atoms with E-state index in [9.17, 15) is 101 Å². The summed E-state index contributed by atoms with van der Waals surface area (Å²) < 4.78 is 10.2. The lowest BCUT2D eigenvalue weighted by Gasteiger charge is -2.30. The number of carbonyl (C=O) groups is 19. The highest BCUT2D eigenvalue weighted by Gasteiger charge is 2.44. The summed E-state index contributed by atoms with van der Waals surface area (Å²) >= 11 is 0. The Kier molecular flexibility index (Phi) is 50.2. The van der Waals surface area contributed by atoms with Crippen LogP contribution < -0.4 is 38.9 Å². The van der Waals surface area contributed by atoms with Crippen molar-refractivity contribution in [2.75, 3.05) is 14.1 Å². The second-order valence-corrected chi connectivity index (χ2v) is 23.6. The van der Waals surface area contributed by atoms with Crippen molar-refractivity contribution >= 4 is 112 Å². The van der Waals surface area contributed by atoms with Gasteiger partial charge in [0.05, 0.1) is 5.92 Å². The largest absolute Gasteiger partial charge is 0.481 e. The van der Waals surface area contributed by atoms with Gasteiger partial charge in [-0.3, -0.25) is 57.5 Å². The molecule has 3 amide bonds. The third-order valence-corrected chi connectivity index (χ3v) is 14.5. The molecule has 0 bridgehead atoms. The first-order valence-corrected chi connectivity index (χ1v) is 31.4.